The van der Waals surface area contributed by atoms with E-state index in [2.05, 4.69) is 4.98 Å². The van der Waals surface area contributed by atoms with E-state index in [0.717, 1.165) is 29.6 Å². The van der Waals surface area contributed by atoms with E-state index in [4.69, 9.17) is 9.31 Å². The van der Waals surface area contributed by atoms with Crippen molar-refractivity contribution in [1.82, 2.24) is 9.55 Å². The minimum absolute atomic E-state index is 0.182. The molecule has 1 saturated heterocycles. The first kappa shape index (κ1) is 22.1. The van der Waals surface area contributed by atoms with Crippen LogP contribution in [-0.2, 0) is 39.2 Å². The fourth-order valence-corrected chi connectivity index (χ4v) is 4.86. The Morgan fingerprint density at radius 1 is 1.16 bits per heavy atom. The number of carbonyl (C=O) groups is 1. The van der Waals surface area contributed by atoms with Crippen LogP contribution < -0.4 is 11.0 Å². The van der Waals surface area contributed by atoms with Gasteiger partial charge in [-0.05, 0) is 58.0 Å². The molecule has 9 heteroatoms. The fourth-order valence-electron chi connectivity index (χ4n) is 3.89. The van der Waals surface area contributed by atoms with Crippen molar-refractivity contribution in [2.45, 2.75) is 75.6 Å². The van der Waals surface area contributed by atoms with Crippen LogP contribution in [0.25, 0.3) is 0 Å². The number of nitrogens with zero attached hydrogens (tertiary/aromatic N) is 2. The molecule has 1 aromatic heterocycles. The molecule has 1 aliphatic carbocycles. The van der Waals surface area contributed by atoms with Crippen LogP contribution in [0.4, 0.5) is 0 Å². The third-order valence-electron chi connectivity index (χ3n) is 6.37. The van der Waals surface area contributed by atoms with Crippen molar-refractivity contribution in [2.75, 3.05) is 0 Å². The SMILES string of the molecule is CC1(C)OB(c2ccc(CSc3nc(=O)c4c(n3CC(=O)O)CCC4)cc2)OC1(C)C. The number of carboxylic acid groups (broad SMARTS) is 1. The predicted octanol–water partition coefficient (Wildman–Crippen LogP) is 2.41. The van der Waals surface area contributed by atoms with Crippen LogP contribution in [-0.4, -0.2) is 38.9 Å². The summed E-state index contributed by atoms with van der Waals surface area (Å²) in [6.07, 6.45) is 2.25. The van der Waals surface area contributed by atoms with Gasteiger partial charge in [0.2, 0.25) is 0 Å². The zero-order valence-corrected chi connectivity index (χ0v) is 19.1. The second kappa shape index (κ2) is 8.11. The average Bonchev–Trinajstić information content (AvgIpc) is 3.26. The summed E-state index contributed by atoms with van der Waals surface area (Å²) < 4.78 is 13.9. The summed E-state index contributed by atoms with van der Waals surface area (Å²) in [6, 6.07) is 7.97. The van der Waals surface area contributed by atoms with Gasteiger partial charge in [-0.1, -0.05) is 36.0 Å². The van der Waals surface area contributed by atoms with Gasteiger partial charge >= 0.3 is 13.1 Å². The average molecular weight is 442 g/mol. The van der Waals surface area contributed by atoms with Crippen LogP contribution in [0.5, 0.6) is 0 Å². The van der Waals surface area contributed by atoms with Crippen LogP contribution in [0, 0.1) is 0 Å². The van der Waals surface area contributed by atoms with Crippen molar-refractivity contribution >= 4 is 30.3 Å². The minimum Gasteiger partial charge on any atom is -0.480 e. The molecule has 0 spiro atoms. The van der Waals surface area contributed by atoms with Gasteiger partial charge in [0.1, 0.15) is 6.54 Å². The largest absolute Gasteiger partial charge is 0.494 e. The first-order chi connectivity index (χ1) is 14.6. The molecule has 2 aliphatic rings. The number of hydrogen-bond donors (Lipinski definition) is 1. The molecule has 0 unspecified atom stereocenters. The Kier molecular flexibility index (Phi) is 5.79. The van der Waals surface area contributed by atoms with Crippen molar-refractivity contribution in [1.29, 1.82) is 0 Å². The van der Waals surface area contributed by atoms with Crippen LogP contribution in [0.3, 0.4) is 0 Å². The number of aromatic nitrogens is 2. The van der Waals surface area contributed by atoms with E-state index in [9.17, 15) is 14.7 Å². The maximum atomic E-state index is 12.4. The lowest BCUT2D eigenvalue weighted by Crippen LogP contribution is -2.41. The molecule has 2 aromatic rings. The van der Waals surface area contributed by atoms with Gasteiger partial charge in [0.05, 0.1) is 11.2 Å². The highest BCUT2D eigenvalue weighted by molar-refractivity contribution is 7.98. The molecule has 0 atom stereocenters. The van der Waals surface area contributed by atoms with E-state index in [1.807, 2.05) is 52.0 Å². The Balaban J connectivity index is 1.50. The molecule has 1 N–H and O–H groups in total. The third-order valence-corrected chi connectivity index (χ3v) is 7.41. The first-order valence-corrected chi connectivity index (χ1v) is 11.5. The molecule has 0 bridgehead atoms. The van der Waals surface area contributed by atoms with Crippen LogP contribution in [0.15, 0.2) is 34.2 Å². The van der Waals surface area contributed by atoms with Crippen LogP contribution in [0.2, 0.25) is 0 Å². The molecule has 2 heterocycles. The molecule has 4 rings (SSSR count). The monoisotopic (exact) mass is 442 g/mol. The number of hydrogen-bond acceptors (Lipinski definition) is 6. The molecule has 0 amide bonds. The Hall–Kier alpha value is -2.10. The van der Waals surface area contributed by atoms with Gasteiger partial charge in [0.15, 0.2) is 5.16 Å². The summed E-state index contributed by atoms with van der Waals surface area (Å²) in [6.45, 7) is 7.92. The summed E-state index contributed by atoms with van der Waals surface area (Å²) in [4.78, 5) is 27.9. The summed E-state index contributed by atoms with van der Waals surface area (Å²) in [5.41, 5.74) is 2.47. The number of thioether (sulfide) groups is 1. The summed E-state index contributed by atoms with van der Waals surface area (Å²) in [5, 5.41) is 9.79. The molecule has 164 valence electrons. The lowest BCUT2D eigenvalue weighted by atomic mass is 9.79. The Morgan fingerprint density at radius 3 is 2.42 bits per heavy atom. The van der Waals surface area contributed by atoms with Crippen molar-refractivity contribution in [3.63, 3.8) is 0 Å². The van der Waals surface area contributed by atoms with Gasteiger partial charge < -0.3 is 19.0 Å². The van der Waals surface area contributed by atoms with Crippen molar-refractivity contribution < 1.29 is 19.2 Å². The molecule has 1 fully saturated rings. The van der Waals surface area contributed by atoms with Gasteiger partial charge in [0.25, 0.3) is 5.56 Å². The minimum atomic E-state index is -0.937. The highest BCUT2D eigenvalue weighted by atomic mass is 32.2. The smallest absolute Gasteiger partial charge is 0.480 e. The van der Waals surface area contributed by atoms with Crippen molar-refractivity contribution in [2.24, 2.45) is 0 Å². The van der Waals surface area contributed by atoms with Crippen LogP contribution >= 0.6 is 11.8 Å². The normalized spacial score (nSPS) is 18.9. The first-order valence-electron chi connectivity index (χ1n) is 10.5. The standard InChI is InChI=1S/C22H27BN2O5S/c1-21(2)22(3,4)30-23(29-21)15-10-8-14(9-11-15)13-31-20-24-19(28)16-6-5-7-17(16)25(20)12-18(26)27/h8-11H,5-7,12-13H2,1-4H3,(H,26,27). The van der Waals surface area contributed by atoms with E-state index < -0.39 is 13.1 Å². The highest BCUT2D eigenvalue weighted by Crippen LogP contribution is 2.36. The Labute approximate surface area is 186 Å². The summed E-state index contributed by atoms with van der Waals surface area (Å²) >= 11 is 1.39. The van der Waals surface area contributed by atoms with Crippen LogP contribution in [0.1, 0.15) is 50.9 Å². The van der Waals surface area contributed by atoms with Crippen molar-refractivity contribution in [3.8, 4) is 0 Å². The van der Waals surface area contributed by atoms with Gasteiger partial charge in [-0.2, -0.15) is 4.98 Å². The zero-order chi connectivity index (χ0) is 22.4. The number of rotatable bonds is 6. The van der Waals surface area contributed by atoms with Gasteiger partial charge in [0, 0.05) is 17.0 Å². The van der Waals surface area contributed by atoms with Crippen molar-refractivity contribution in [3.05, 3.63) is 51.4 Å². The molecule has 0 saturated carbocycles. The molecule has 1 aromatic carbocycles. The van der Waals surface area contributed by atoms with Gasteiger partial charge in [-0.15, -0.1) is 0 Å². The Morgan fingerprint density at radius 2 is 1.81 bits per heavy atom. The van der Waals surface area contributed by atoms with E-state index in [1.165, 1.54) is 11.8 Å². The number of benzene rings is 1. The van der Waals surface area contributed by atoms with E-state index in [1.54, 1.807) is 4.57 Å². The van der Waals surface area contributed by atoms with E-state index in [0.29, 0.717) is 22.9 Å². The lowest BCUT2D eigenvalue weighted by Gasteiger charge is -2.32. The number of aliphatic carboxylic acids is 1. The maximum Gasteiger partial charge on any atom is 0.494 e. The summed E-state index contributed by atoms with van der Waals surface area (Å²) in [7, 11) is -0.411. The third kappa shape index (κ3) is 4.31. The quantitative estimate of drug-likeness (QED) is 0.418. The molecule has 7 nitrogen and oxygen atoms in total. The highest BCUT2D eigenvalue weighted by Gasteiger charge is 2.51. The fraction of sp³-hybridized carbons (Fsp3) is 0.500. The molecule has 0 radical (unpaired) electrons. The van der Waals surface area contributed by atoms with E-state index >= 15 is 0 Å². The van der Waals surface area contributed by atoms with Gasteiger partial charge in [-0.3, -0.25) is 9.59 Å². The lowest BCUT2D eigenvalue weighted by molar-refractivity contribution is -0.137. The summed E-state index contributed by atoms with van der Waals surface area (Å²) in [5.74, 6) is -0.359. The topological polar surface area (TPSA) is 90.7 Å². The second-order valence-electron chi connectivity index (χ2n) is 9.08. The number of fused-ring (bicyclic) bond motifs is 1. The predicted molar refractivity (Wildman–Crippen MR) is 120 cm³/mol. The Bertz CT molecular complexity index is 1050. The molecular formula is C22H27BN2O5S. The molecule has 1 aliphatic heterocycles. The molecule has 31 heavy (non-hydrogen) atoms. The van der Waals surface area contributed by atoms with Gasteiger partial charge in [-0.25, -0.2) is 0 Å². The maximum absolute atomic E-state index is 12.4. The second-order valence-corrected chi connectivity index (χ2v) is 10.0. The molecular weight excluding hydrogens is 415 g/mol. The number of carboxylic acids is 1. The zero-order valence-electron chi connectivity index (χ0n) is 18.3. The van der Waals surface area contributed by atoms with E-state index in [-0.39, 0.29) is 23.3 Å².